The predicted octanol–water partition coefficient (Wildman–Crippen LogP) is 5.51. The molecular formula is C21H14Cl2N2O3S2. The molecule has 1 aromatic heterocycles. The third kappa shape index (κ3) is 4.34. The Hall–Kier alpha value is -2.45. The van der Waals surface area contributed by atoms with Crippen LogP contribution in [0.5, 0.6) is 0 Å². The fraction of sp³-hybridized carbons (Fsp3) is 0. The third-order valence-corrected chi connectivity index (χ3v) is 7.78. The van der Waals surface area contributed by atoms with Crippen molar-refractivity contribution in [1.29, 1.82) is 0 Å². The zero-order valence-electron chi connectivity index (χ0n) is 15.2. The third-order valence-electron chi connectivity index (χ3n) is 4.33. The Kier molecular flexibility index (Phi) is 5.79. The summed E-state index contributed by atoms with van der Waals surface area (Å²) in [7, 11) is -5.38. The first kappa shape index (κ1) is 20.8. The van der Waals surface area contributed by atoms with Gasteiger partial charge in [0.15, 0.2) is 0 Å². The van der Waals surface area contributed by atoms with E-state index in [1.54, 1.807) is 12.1 Å². The van der Waals surface area contributed by atoms with Crippen molar-refractivity contribution in [3.05, 3.63) is 89.2 Å². The zero-order chi connectivity index (χ0) is 21.3. The van der Waals surface area contributed by atoms with Gasteiger partial charge in [-0.1, -0.05) is 53.5 Å². The first-order chi connectivity index (χ1) is 14.3. The Balaban J connectivity index is 1.60. The minimum atomic E-state index is -3.86. The number of aromatic nitrogens is 1. The van der Waals surface area contributed by atoms with Crippen LogP contribution >= 0.6 is 23.2 Å². The molecule has 4 rings (SSSR count). The summed E-state index contributed by atoms with van der Waals surface area (Å²) in [4.78, 5) is 4.74. The first-order valence-electron chi connectivity index (χ1n) is 8.68. The van der Waals surface area contributed by atoms with E-state index in [0.29, 0.717) is 9.79 Å². The largest absolute Gasteiger partial charge is 0.280 e. The average Bonchev–Trinajstić information content (AvgIpc) is 2.73. The molecule has 0 aliphatic heterocycles. The summed E-state index contributed by atoms with van der Waals surface area (Å²) in [5, 5.41) is 2.40. The summed E-state index contributed by atoms with van der Waals surface area (Å²) < 4.78 is 40.4. The smallest absolute Gasteiger partial charge is 0.263 e. The van der Waals surface area contributed by atoms with Crippen LogP contribution in [-0.4, -0.2) is 17.6 Å². The number of benzene rings is 3. The maximum Gasteiger partial charge on any atom is 0.263 e. The molecule has 0 spiro atoms. The molecule has 3 aromatic carbocycles. The van der Waals surface area contributed by atoms with Gasteiger partial charge in [-0.05, 0) is 53.2 Å². The van der Waals surface area contributed by atoms with Gasteiger partial charge in [0.05, 0.1) is 26.4 Å². The quantitative estimate of drug-likeness (QED) is 0.385. The SMILES string of the molecule is O=S(c1ccc2ccccc2c1)c1ccc(NS(=O)(=O)c2ccc(Cl)nc2)cc1Cl. The van der Waals surface area contributed by atoms with Crippen molar-refractivity contribution in [2.24, 2.45) is 0 Å². The number of sulfonamides is 1. The lowest BCUT2D eigenvalue weighted by atomic mass is 10.1. The molecule has 1 atom stereocenters. The molecule has 0 saturated heterocycles. The number of rotatable bonds is 5. The number of fused-ring (bicyclic) bond motifs is 1. The van der Waals surface area contributed by atoms with E-state index in [1.807, 2.05) is 36.4 Å². The molecule has 0 saturated carbocycles. The van der Waals surface area contributed by atoms with E-state index in [-0.39, 0.29) is 20.8 Å². The molecule has 0 radical (unpaired) electrons. The molecule has 1 unspecified atom stereocenters. The minimum absolute atomic E-state index is 0.0353. The van der Waals surface area contributed by atoms with Crippen LogP contribution in [0, 0.1) is 0 Å². The zero-order valence-corrected chi connectivity index (χ0v) is 18.4. The van der Waals surface area contributed by atoms with E-state index in [0.717, 1.165) is 17.0 Å². The van der Waals surface area contributed by atoms with Crippen LogP contribution in [0.15, 0.2) is 93.7 Å². The van der Waals surface area contributed by atoms with Gasteiger partial charge in [0, 0.05) is 11.1 Å². The van der Waals surface area contributed by atoms with Crippen LogP contribution < -0.4 is 4.72 Å². The number of nitrogens with one attached hydrogen (secondary N) is 1. The Morgan fingerprint density at radius 3 is 2.33 bits per heavy atom. The molecular weight excluding hydrogens is 463 g/mol. The molecule has 1 heterocycles. The van der Waals surface area contributed by atoms with Crippen molar-refractivity contribution in [2.45, 2.75) is 14.7 Å². The number of nitrogens with zero attached hydrogens (tertiary/aromatic N) is 1. The number of pyridine rings is 1. The highest BCUT2D eigenvalue weighted by molar-refractivity contribution is 7.92. The second-order valence-electron chi connectivity index (χ2n) is 6.35. The lowest BCUT2D eigenvalue weighted by molar-refractivity contribution is 0.601. The van der Waals surface area contributed by atoms with Crippen LogP contribution in [0.4, 0.5) is 5.69 Å². The summed E-state index contributed by atoms with van der Waals surface area (Å²) in [5.41, 5.74) is 0.245. The molecule has 0 aliphatic carbocycles. The number of anilines is 1. The van der Waals surface area contributed by atoms with E-state index >= 15 is 0 Å². The van der Waals surface area contributed by atoms with Gasteiger partial charge in [-0.15, -0.1) is 0 Å². The summed E-state index contributed by atoms with van der Waals surface area (Å²) in [6.07, 6.45) is 1.16. The number of hydrogen-bond acceptors (Lipinski definition) is 4. The summed E-state index contributed by atoms with van der Waals surface area (Å²) in [6.45, 7) is 0. The van der Waals surface area contributed by atoms with Crippen LogP contribution in [-0.2, 0) is 20.8 Å². The van der Waals surface area contributed by atoms with Gasteiger partial charge in [-0.3, -0.25) is 4.72 Å². The van der Waals surface area contributed by atoms with Gasteiger partial charge in [0.2, 0.25) is 0 Å². The lowest BCUT2D eigenvalue weighted by Gasteiger charge is -2.11. The first-order valence-corrected chi connectivity index (χ1v) is 12.1. The van der Waals surface area contributed by atoms with E-state index in [2.05, 4.69) is 9.71 Å². The molecule has 9 heteroatoms. The Bertz CT molecular complexity index is 1370. The van der Waals surface area contributed by atoms with Crippen molar-refractivity contribution in [3.8, 4) is 0 Å². The molecule has 30 heavy (non-hydrogen) atoms. The molecule has 0 bridgehead atoms. The van der Waals surface area contributed by atoms with Crippen molar-refractivity contribution >= 4 is 60.5 Å². The Morgan fingerprint density at radius 1 is 0.867 bits per heavy atom. The number of hydrogen-bond donors (Lipinski definition) is 1. The van der Waals surface area contributed by atoms with Crippen molar-refractivity contribution in [1.82, 2.24) is 4.98 Å². The average molecular weight is 477 g/mol. The minimum Gasteiger partial charge on any atom is -0.280 e. The van der Waals surface area contributed by atoms with Crippen LogP contribution in [0.3, 0.4) is 0 Å². The standard InChI is InChI=1S/C21H14Cl2N2O3S2/c22-19-12-16(25-30(27,28)18-8-10-21(23)24-13-18)6-9-20(19)29(26)17-7-5-14-3-1-2-4-15(14)11-17/h1-13,25H. The van der Waals surface area contributed by atoms with Crippen molar-refractivity contribution in [2.75, 3.05) is 4.72 Å². The highest BCUT2D eigenvalue weighted by Crippen LogP contribution is 2.29. The van der Waals surface area contributed by atoms with Crippen molar-refractivity contribution < 1.29 is 12.6 Å². The van der Waals surface area contributed by atoms with E-state index in [1.165, 1.54) is 24.3 Å². The topological polar surface area (TPSA) is 76.1 Å². The van der Waals surface area contributed by atoms with Gasteiger partial charge < -0.3 is 0 Å². The normalized spacial score (nSPS) is 12.6. The fourth-order valence-corrected chi connectivity index (χ4v) is 5.46. The van der Waals surface area contributed by atoms with Crippen LogP contribution in [0.2, 0.25) is 10.2 Å². The molecule has 1 N–H and O–H groups in total. The van der Waals surface area contributed by atoms with Crippen LogP contribution in [0.25, 0.3) is 10.8 Å². The summed E-state index contributed by atoms with van der Waals surface area (Å²) in [6, 6.07) is 20.6. The maximum absolute atomic E-state index is 13.0. The van der Waals surface area contributed by atoms with E-state index in [9.17, 15) is 12.6 Å². The molecule has 0 aliphatic rings. The second kappa shape index (κ2) is 8.35. The highest BCUT2D eigenvalue weighted by Gasteiger charge is 2.17. The Labute approximate surface area is 186 Å². The van der Waals surface area contributed by atoms with Gasteiger partial charge >= 0.3 is 0 Å². The maximum atomic E-state index is 13.0. The highest BCUT2D eigenvalue weighted by atomic mass is 35.5. The molecule has 0 fully saturated rings. The Morgan fingerprint density at radius 2 is 1.63 bits per heavy atom. The molecule has 0 amide bonds. The molecule has 4 aromatic rings. The predicted molar refractivity (Wildman–Crippen MR) is 120 cm³/mol. The van der Waals surface area contributed by atoms with Crippen LogP contribution in [0.1, 0.15) is 0 Å². The monoisotopic (exact) mass is 476 g/mol. The summed E-state index contributed by atoms with van der Waals surface area (Å²) >= 11 is 12.0. The molecule has 152 valence electrons. The van der Waals surface area contributed by atoms with Crippen molar-refractivity contribution in [3.63, 3.8) is 0 Å². The second-order valence-corrected chi connectivity index (χ2v) is 10.3. The van der Waals surface area contributed by atoms with Gasteiger partial charge in [0.1, 0.15) is 10.0 Å². The van der Waals surface area contributed by atoms with E-state index < -0.39 is 20.8 Å². The van der Waals surface area contributed by atoms with E-state index in [4.69, 9.17) is 23.2 Å². The van der Waals surface area contributed by atoms with Gasteiger partial charge in [0.25, 0.3) is 10.0 Å². The summed E-state index contributed by atoms with van der Waals surface area (Å²) in [5.74, 6) is 0. The van der Waals surface area contributed by atoms with Gasteiger partial charge in [-0.25, -0.2) is 17.6 Å². The molecule has 5 nitrogen and oxygen atoms in total. The number of halogens is 2. The lowest BCUT2D eigenvalue weighted by Crippen LogP contribution is -2.13. The van der Waals surface area contributed by atoms with Gasteiger partial charge in [-0.2, -0.15) is 0 Å². The fourth-order valence-electron chi connectivity index (χ4n) is 2.86.